The van der Waals surface area contributed by atoms with E-state index in [1.165, 1.54) is 10.7 Å². The third-order valence-corrected chi connectivity index (χ3v) is 4.10. The van der Waals surface area contributed by atoms with E-state index in [0.717, 1.165) is 5.56 Å². The van der Waals surface area contributed by atoms with Crippen LogP contribution in [0, 0.1) is 0 Å². The van der Waals surface area contributed by atoms with Crippen LogP contribution in [0.4, 0.5) is 5.69 Å². The van der Waals surface area contributed by atoms with Gasteiger partial charge in [0.05, 0.1) is 16.4 Å². The maximum atomic E-state index is 12.5. The standard InChI is InChI=1S/C19H16ClN3O2/c1-13(19(25)21-17-10-6-5-9-15(17)20)23-18(24)12-11-16(22-23)14-7-3-2-4-8-14/h2-13H,1H3,(H,21,25). The average Bonchev–Trinajstić information content (AvgIpc) is 2.64. The molecule has 25 heavy (non-hydrogen) atoms. The summed E-state index contributed by atoms with van der Waals surface area (Å²) in [5, 5.41) is 7.49. The Morgan fingerprint density at radius 1 is 1.04 bits per heavy atom. The van der Waals surface area contributed by atoms with Crippen molar-refractivity contribution in [2.45, 2.75) is 13.0 Å². The minimum absolute atomic E-state index is 0.346. The van der Waals surface area contributed by atoms with Crippen molar-refractivity contribution >= 4 is 23.2 Å². The minimum Gasteiger partial charge on any atom is -0.323 e. The van der Waals surface area contributed by atoms with Crippen LogP contribution in [0.3, 0.4) is 0 Å². The fourth-order valence-corrected chi connectivity index (χ4v) is 2.56. The molecule has 0 bridgehead atoms. The second-order valence-electron chi connectivity index (χ2n) is 5.51. The van der Waals surface area contributed by atoms with E-state index in [-0.39, 0.29) is 11.5 Å². The van der Waals surface area contributed by atoms with Crippen molar-refractivity contribution in [3.8, 4) is 11.3 Å². The van der Waals surface area contributed by atoms with Gasteiger partial charge in [-0.05, 0) is 25.1 Å². The Labute approximate surface area is 149 Å². The van der Waals surface area contributed by atoms with Gasteiger partial charge in [0.2, 0.25) is 5.91 Å². The number of aromatic nitrogens is 2. The number of benzene rings is 2. The Bertz CT molecular complexity index is 954. The number of para-hydroxylation sites is 1. The molecule has 0 saturated heterocycles. The highest BCUT2D eigenvalue weighted by molar-refractivity contribution is 6.33. The van der Waals surface area contributed by atoms with Crippen molar-refractivity contribution in [2.75, 3.05) is 5.32 Å². The zero-order valence-electron chi connectivity index (χ0n) is 13.5. The van der Waals surface area contributed by atoms with Gasteiger partial charge in [0.1, 0.15) is 6.04 Å². The van der Waals surface area contributed by atoms with E-state index in [2.05, 4.69) is 10.4 Å². The van der Waals surface area contributed by atoms with Gasteiger partial charge in [-0.25, -0.2) is 4.68 Å². The summed E-state index contributed by atoms with van der Waals surface area (Å²) < 4.78 is 1.18. The van der Waals surface area contributed by atoms with Crippen LogP contribution in [0.2, 0.25) is 5.02 Å². The van der Waals surface area contributed by atoms with Crippen LogP contribution >= 0.6 is 11.6 Å². The normalized spacial score (nSPS) is 11.8. The van der Waals surface area contributed by atoms with Crippen LogP contribution in [-0.2, 0) is 4.79 Å². The van der Waals surface area contributed by atoms with Gasteiger partial charge in [0.25, 0.3) is 5.56 Å². The molecule has 0 aliphatic carbocycles. The summed E-state index contributed by atoms with van der Waals surface area (Å²) in [6.07, 6.45) is 0. The van der Waals surface area contributed by atoms with Crippen molar-refractivity contribution in [1.82, 2.24) is 9.78 Å². The summed E-state index contributed by atoms with van der Waals surface area (Å²) in [5.41, 5.74) is 1.64. The fraction of sp³-hybridized carbons (Fsp3) is 0.105. The van der Waals surface area contributed by atoms with E-state index in [0.29, 0.717) is 16.4 Å². The van der Waals surface area contributed by atoms with Crippen molar-refractivity contribution in [2.24, 2.45) is 0 Å². The van der Waals surface area contributed by atoms with Gasteiger partial charge < -0.3 is 5.32 Å². The Kier molecular flexibility index (Phi) is 4.95. The first-order valence-corrected chi connectivity index (χ1v) is 8.15. The SMILES string of the molecule is CC(C(=O)Nc1ccccc1Cl)n1nc(-c2ccccc2)ccc1=O. The second-order valence-corrected chi connectivity index (χ2v) is 5.92. The number of hydrogen-bond donors (Lipinski definition) is 1. The molecule has 0 saturated carbocycles. The molecule has 1 amide bonds. The first-order chi connectivity index (χ1) is 12.1. The van der Waals surface area contributed by atoms with Crippen LogP contribution in [0.1, 0.15) is 13.0 Å². The fourth-order valence-electron chi connectivity index (χ4n) is 2.38. The number of carbonyl (C=O) groups excluding carboxylic acids is 1. The highest BCUT2D eigenvalue weighted by atomic mass is 35.5. The van der Waals surface area contributed by atoms with Gasteiger partial charge in [-0.3, -0.25) is 9.59 Å². The molecule has 2 aromatic carbocycles. The van der Waals surface area contributed by atoms with E-state index < -0.39 is 6.04 Å². The van der Waals surface area contributed by atoms with Crippen molar-refractivity contribution in [1.29, 1.82) is 0 Å². The van der Waals surface area contributed by atoms with Gasteiger partial charge in [-0.2, -0.15) is 5.10 Å². The smallest absolute Gasteiger partial charge is 0.267 e. The summed E-state index contributed by atoms with van der Waals surface area (Å²) in [6, 6.07) is 18.7. The molecule has 0 spiro atoms. The molecule has 1 heterocycles. The van der Waals surface area contributed by atoms with Gasteiger partial charge in [-0.1, -0.05) is 54.1 Å². The largest absolute Gasteiger partial charge is 0.323 e. The molecule has 126 valence electrons. The number of halogens is 1. The van der Waals surface area contributed by atoms with E-state index in [9.17, 15) is 9.59 Å². The van der Waals surface area contributed by atoms with Crippen LogP contribution in [-0.4, -0.2) is 15.7 Å². The monoisotopic (exact) mass is 353 g/mol. The maximum Gasteiger partial charge on any atom is 0.267 e. The third-order valence-electron chi connectivity index (χ3n) is 3.77. The molecule has 6 heteroatoms. The molecule has 5 nitrogen and oxygen atoms in total. The van der Waals surface area contributed by atoms with E-state index in [1.807, 2.05) is 30.3 Å². The lowest BCUT2D eigenvalue weighted by molar-refractivity contribution is -0.119. The molecule has 0 aliphatic rings. The Hall–Kier alpha value is -2.92. The summed E-state index contributed by atoms with van der Waals surface area (Å²) in [4.78, 5) is 24.7. The second kappa shape index (κ2) is 7.32. The maximum absolute atomic E-state index is 12.5. The van der Waals surface area contributed by atoms with Crippen LogP contribution < -0.4 is 10.9 Å². The quantitative estimate of drug-likeness (QED) is 0.776. The number of nitrogens with zero attached hydrogens (tertiary/aromatic N) is 2. The van der Waals surface area contributed by atoms with Crippen molar-refractivity contribution in [3.05, 3.63) is 82.1 Å². The summed E-state index contributed by atoms with van der Waals surface area (Å²) in [7, 11) is 0. The number of carbonyl (C=O) groups is 1. The zero-order valence-corrected chi connectivity index (χ0v) is 14.3. The molecule has 0 radical (unpaired) electrons. The van der Waals surface area contributed by atoms with Crippen molar-refractivity contribution < 1.29 is 4.79 Å². The van der Waals surface area contributed by atoms with Gasteiger partial charge in [-0.15, -0.1) is 0 Å². The topological polar surface area (TPSA) is 64.0 Å². The lowest BCUT2D eigenvalue weighted by Gasteiger charge is -2.15. The molecule has 0 aliphatic heterocycles. The number of amides is 1. The predicted octanol–water partition coefficient (Wildman–Crippen LogP) is 3.76. The molecule has 3 aromatic rings. The highest BCUT2D eigenvalue weighted by Gasteiger charge is 2.19. The van der Waals surface area contributed by atoms with Crippen molar-refractivity contribution in [3.63, 3.8) is 0 Å². The average molecular weight is 354 g/mol. The van der Waals surface area contributed by atoms with E-state index in [4.69, 9.17) is 11.6 Å². The summed E-state index contributed by atoms with van der Waals surface area (Å²) in [5.74, 6) is -0.368. The molecule has 1 N–H and O–H groups in total. The first-order valence-electron chi connectivity index (χ1n) is 7.77. The van der Waals surface area contributed by atoms with Gasteiger partial charge >= 0.3 is 0 Å². The Morgan fingerprint density at radius 3 is 2.44 bits per heavy atom. The Balaban J connectivity index is 1.89. The number of anilines is 1. The van der Waals surface area contributed by atoms with Crippen LogP contribution in [0.15, 0.2) is 71.5 Å². The predicted molar refractivity (Wildman–Crippen MR) is 98.7 cm³/mol. The van der Waals surface area contributed by atoms with Crippen LogP contribution in [0.25, 0.3) is 11.3 Å². The molecular weight excluding hydrogens is 338 g/mol. The van der Waals surface area contributed by atoms with Crippen LogP contribution in [0.5, 0.6) is 0 Å². The lowest BCUT2D eigenvalue weighted by Crippen LogP contribution is -2.33. The number of hydrogen-bond acceptors (Lipinski definition) is 3. The van der Waals surface area contributed by atoms with E-state index >= 15 is 0 Å². The van der Waals surface area contributed by atoms with Gasteiger partial charge in [0.15, 0.2) is 0 Å². The molecule has 1 unspecified atom stereocenters. The third kappa shape index (κ3) is 3.78. The zero-order chi connectivity index (χ0) is 17.8. The van der Waals surface area contributed by atoms with Gasteiger partial charge in [0, 0.05) is 11.6 Å². The Morgan fingerprint density at radius 2 is 1.72 bits per heavy atom. The summed E-state index contributed by atoms with van der Waals surface area (Å²) in [6.45, 7) is 1.62. The lowest BCUT2D eigenvalue weighted by atomic mass is 10.1. The minimum atomic E-state index is -0.785. The molecule has 0 fully saturated rings. The first kappa shape index (κ1) is 16.9. The molecule has 1 atom stereocenters. The number of rotatable bonds is 4. The van der Waals surface area contributed by atoms with E-state index in [1.54, 1.807) is 37.3 Å². The molecular formula is C19H16ClN3O2. The summed E-state index contributed by atoms with van der Waals surface area (Å²) >= 11 is 6.06. The highest BCUT2D eigenvalue weighted by Crippen LogP contribution is 2.21. The number of nitrogens with one attached hydrogen (secondary N) is 1. The molecule has 3 rings (SSSR count). The molecule has 1 aromatic heterocycles.